The molecule has 0 bridgehead atoms. The summed E-state index contributed by atoms with van der Waals surface area (Å²) in [6.07, 6.45) is 3.13. The van der Waals surface area contributed by atoms with E-state index in [1.54, 1.807) is 19.3 Å². The van der Waals surface area contributed by atoms with E-state index in [9.17, 15) is 14.4 Å². The van der Waals surface area contributed by atoms with Gasteiger partial charge < -0.3 is 10.2 Å². The Morgan fingerprint density at radius 1 is 1.23 bits per heavy atom. The van der Waals surface area contributed by atoms with Gasteiger partial charge in [0.2, 0.25) is 5.91 Å². The lowest BCUT2D eigenvalue weighted by molar-refractivity contribution is -0.137. The topological polar surface area (TPSA) is 94.1 Å². The van der Waals surface area contributed by atoms with Crippen LogP contribution in [0, 0.1) is 0 Å². The Morgan fingerprint density at radius 3 is 2.69 bits per heavy atom. The van der Waals surface area contributed by atoms with Crippen LogP contribution in [0.2, 0.25) is 0 Å². The highest BCUT2D eigenvalue weighted by atomic mass is 16.2. The molecule has 0 aromatic heterocycles. The Labute approximate surface area is 152 Å². The molecule has 2 amide bonds. The van der Waals surface area contributed by atoms with Gasteiger partial charge in [-0.15, -0.1) is 0 Å². The lowest BCUT2D eigenvalue weighted by Gasteiger charge is -2.30. The number of likely N-dealkylation sites (N-methyl/N-ethyl adjacent to an activating group) is 1. The number of piperazine rings is 1. The maximum absolute atomic E-state index is 11.9. The number of hydrogen-bond donors (Lipinski definition) is 2. The van der Waals surface area contributed by atoms with Crippen molar-refractivity contribution >= 4 is 30.0 Å². The highest BCUT2D eigenvalue weighted by Crippen LogP contribution is 2.19. The molecular weight excluding hydrogens is 334 g/mol. The molecular formula is C18H23N5O3. The molecule has 0 aliphatic carbocycles. The molecule has 1 aromatic rings. The Kier molecular flexibility index (Phi) is 5.62. The predicted octanol–water partition coefficient (Wildman–Crippen LogP) is -0.0204. The van der Waals surface area contributed by atoms with Crippen molar-refractivity contribution in [2.45, 2.75) is 18.9 Å². The summed E-state index contributed by atoms with van der Waals surface area (Å²) in [4.78, 5) is 36.8. The number of aldehydes is 1. The second kappa shape index (κ2) is 8.09. The predicted molar refractivity (Wildman–Crippen MR) is 98.4 cm³/mol. The number of anilines is 1. The molecule has 2 fully saturated rings. The molecule has 2 aliphatic rings. The first kappa shape index (κ1) is 18.1. The summed E-state index contributed by atoms with van der Waals surface area (Å²) >= 11 is 0. The number of benzene rings is 1. The number of carbonyl (C=O) groups excluding carboxylic acids is 3. The quantitative estimate of drug-likeness (QED) is 0.333. The zero-order valence-electron chi connectivity index (χ0n) is 14.8. The fraction of sp³-hybridized carbons (Fsp3) is 0.444. The Hall–Kier alpha value is -2.74. The van der Waals surface area contributed by atoms with E-state index in [0.717, 1.165) is 38.2 Å². The molecule has 3 rings (SSSR count). The van der Waals surface area contributed by atoms with Crippen LogP contribution in [-0.2, 0) is 9.59 Å². The first-order chi connectivity index (χ1) is 12.6. The van der Waals surface area contributed by atoms with Crippen LogP contribution in [0.15, 0.2) is 23.3 Å². The van der Waals surface area contributed by atoms with Gasteiger partial charge in [0.05, 0.1) is 6.21 Å². The third-order valence-corrected chi connectivity index (χ3v) is 4.72. The second-order valence-electron chi connectivity index (χ2n) is 6.45. The maximum atomic E-state index is 11.9. The number of hydrazone groups is 1. The van der Waals surface area contributed by atoms with E-state index >= 15 is 0 Å². The van der Waals surface area contributed by atoms with Gasteiger partial charge in [0.25, 0.3) is 5.91 Å². The Morgan fingerprint density at radius 2 is 2.00 bits per heavy atom. The van der Waals surface area contributed by atoms with Crippen LogP contribution in [0.5, 0.6) is 0 Å². The maximum Gasteiger partial charge on any atom is 0.250 e. The van der Waals surface area contributed by atoms with E-state index < -0.39 is 6.04 Å². The summed E-state index contributed by atoms with van der Waals surface area (Å²) in [5, 5.41) is 11.5. The first-order valence-electron chi connectivity index (χ1n) is 8.74. The van der Waals surface area contributed by atoms with Gasteiger partial charge >= 0.3 is 0 Å². The van der Waals surface area contributed by atoms with Crippen molar-refractivity contribution in [3.8, 4) is 0 Å². The van der Waals surface area contributed by atoms with Crippen molar-refractivity contribution < 1.29 is 14.4 Å². The van der Waals surface area contributed by atoms with Crippen LogP contribution in [-0.4, -0.2) is 68.6 Å². The second-order valence-corrected chi connectivity index (χ2v) is 6.45. The van der Waals surface area contributed by atoms with E-state index in [1.807, 2.05) is 12.1 Å². The summed E-state index contributed by atoms with van der Waals surface area (Å²) in [5.41, 5.74) is 2.29. The molecule has 2 N–H and O–H groups in total. The fourth-order valence-electron chi connectivity index (χ4n) is 3.17. The molecule has 138 valence electrons. The van der Waals surface area contributed by atoms with Crippen molar-refractivity contribution in [2.24, 2.45) is 5.10 Å². The van der Waals surface area contributed by atoms with Gasteiger partial charge in [0.15, 0.2) is 6.29 Å². The van der Waals surface area contributed by atoms with Crippen LogP contribution in [0.1, 0.15) is 28.8 Å². The smallest absolute Gasteiger partial charge is 0.250 e. The van der Waals surface area contributed by atoms with Crippen LogP contribution in [0.3, 0.4) is 0 Å². The summed E-state index contributed by atoms with van der Waals surface area (Å²) < 4.78 is 0. The Balaban J connectivity index is 1.76. The molecule has 1 unspecified atom stereocenters. The molecule has 0 spiro atoms. The van der Waals surface area contributed by atoms with Gasteiger partial charge in [-0.1, -0.05) is 0 Å². The minimum Gasteiger partial charge on any atom is -0.369 e. The SMILES string of the molecule is CN(/N=C\c1cc(N2CCNCC2)ccc1C=O)C1CCC(=O)NC1=O. The van der Waals surface area contributed by atoms with Gasteiger partial charge in [-0.3, -0.25) is 24.7 Å². The molecule has 2 heterocycles. The normalized spacial score (nSPS) is 21.0. The zero-order chi connectivity index (χ0) is 18.5. The van der Waals surface area contributed by atoms with Gasteiger partial charge in [-0.05, 0) is 24.6 Å². The number of rotatable bonds is 5. The monoisotopic (exact) mass is 357 g/mol. The first-order valence-corrected chi connectivity index (χ1v) is 8.74. The van der Waals surface area contributed by atoms with Crippen molar-refractivity contribution in [1.29, 1.82) is 0 Å². The molecule has 0 saturated carbocycles. The van der Waals surface area contributed by atoms with E-state index in [2.05, 4.69) is 20.6 Å². The summed E-state index contributed by atoms with van der Waals surface area (Å²) in [6, 6.07) is 5.19. The van der Waals surface area contributed by atoms with Gasteiger partial charge in [0, 0.05) is 56.5 Å². The van der Waals surface area contributed by atoms with Crippen molar-refractivity contribution in [2.75, 3.05) is 38.1 Å². The van der Waals surface area contributed by atoms with Crippen LogP contribution >= 0.6 is 0 Å². The lowest BCUT2D eigenvalue weighted by Crippen LogP contribution is -2.49. The standard InChI is InChI=1S/C18H23N5O3/c1-22(16-4-5-17(25)21-18(16)26)20-11-14-10-15(3-2-13(14)12-24)23-8-6-19-7-9-23/h2-3,10-12,16,19H,4-9H2,1H3,(H,21,25,26)/b20-11-. The molecule has 0 radical (unpaired) electrons. The van der Waals surface area contributed by atoms with Gasteiger partial charge in [0.1, 0.15) is 6.04 Å². The van der Waals surface area contributed by atoms with Crippen LogP contribution in [0.25, 0.3) is 0 Å². The van der Waals surface area contributed by atoms with E-state index in [4.69, 9.17) is 0 Å². The number of amides is 2. The number of hydrogen-bond acceptors (Lipinski definition) is 7. The lowest BCUT2D eigenvalue weighted by atomic mass is 10.1. The highest BCUT2D eigenvalue weighted by molar-refractivity contribution is 6.00. The number of nitrogens with zero attached hydrogens (tertiary/aromatic N) is 3. The Bertz CT molecular complexity index is 728. The zero-order valence-corrected chi connectivity index (χ0v) is 14.8. The number of nitrogens with one attached hydrogen (secondary N) is 2. The average molecular weight is 357 g/mol. The van der Waals surface area contributed by atoms with Crippen molar-refractivity contribution in [1.82, 2.24) is 15.6 Å². The van der Waals surface area contributed by atoms with Crippen molar-refractivity contribution in [3.63, 3.8) is 0 Å². The number of piperidine rings is 1. The van der Waals surface area contributed by atoms with Crippen LogP contribution < -0.4 is 15.5 Å². The minimum atomic E-state index is -0.486. The fourth-order valence-corrected chi connectivity index (χ4v) is 3.17. The summed E-state index contributed by atoms with van der Waals surface area (Å²) in [7, 11) is 1.69. The molecule has 8 heteroatoms. The number of imide groups is 1. The molecule has 1 atom stereocenters. The largest absolute Gasteiger partial charge is 0.369 e. The summed E-state index contributed by atoms with van der Waals surface area (Å²) in [6.45, 7) is 3.68. The minimum absolute atomic E-state index is 0.254. The van der Waals surface area contributed by atoms with E-state index in [-0.39, 0.29) is 11.8 Å². The molecule has 2 aliphatic heterocycles. The van der Waals surface area contributed by atoms with Crippen molar-refractivity contribution in [3.05, 3.63) is 29.3 Å². The summed E-state index contributed by atoms with van der Waals surface area (Å²) in [5.74, 6) is -0.596. The number of carbonyl (C=O) groups is 3. The van der Waals surface area contributed by atoms with E-state index in [1.165, 1.54) is 5.01 Å². The molecule has 1 aromatic carbocycles. The van der Waals surface area contributed by atoms with Gasteiger partial charge in [-0.25, -0.2) is 0 Å². The third-order valence-electron chi connectivity index (χ3n) is 4.72. The molecule has 8 nitrogen and oxygen atoms in total. The average Bonchev–Trinajstić information content (AvgIpc) is 2.66. The highest BCUT2D eigenvalue weighted by Gasteiger charge is 2.29. The molecule has 26 heavy (non-hydrogen) atoms. The van der Waals surface area contributed by atoms with Crippen LogP contribution in [0.4, 0.5) is 5.69 Å². The third kappa shape index (κ3) is 4.08. The van der Waals surface area contributed by atoms with E-state index in [0.29, 0.717) is 24.0 Å². The van der Waals surface area contributed by atoms with Gasteiger partial charge in [-0.2, -0.15) is 5.10 Å². The molecule has 2 saturated heterocycles.